The highest BCUT2D eigenvalue weighted by molar-refractivity contribution is 7.98. The fraction of sp³-hybridized carbons (Fsp3) is 0.208. The van der Waals surface area contributed by atoms with Gasteiger partial charge < -0.3 is 4.74 Å². The van der Waals surface area contributed by atoms with Crippen LogP contribution >= 0.6 is 23.1 Å². The van der Waals surface area contributed by atoms with E-state index in [1.165, 1.54) is 10.5 Å². The molecule has 7 heteroatoms. The molecule has 0 bridgehead atoms. The van der Waals surface area contributed by atoms with Gasteiger partial charge in [-0.1, -0.05) is 41.7 Å². The fourth-order valence-corrected chi connectivity index (χ4v) is 5.66. The molecule has 3 rings (SSSR count). The highest BCUT2D eigenvalue weighted by Gasteiger charge is 2.17. The molecule has 0 radical (unpaired) electrons. The highest BCUT2D eigenvalue weighted by Crippen LogP contribution is 2.33. The highest BCUT2D eigenvalue weighted by atomic mass is 32.2. The standard InChI is InChI=1S/C24H25NO3S3/c1-19-18-21(13-14-22(19)29-2)28-23-15-16-24(30-23)31(26,27)25-17-9-5-8-12-20-10-6-3-4-7-11-20/h3,5-8,10,12-16,18,25H,9,11,17H2,1-2H3/b8-5-,20-12-. The average molecular weight is 472 g/mol. The van der Waals surface area contributed by atoms with Crippen molar-refractivity contribution in [3.05, 3.63) is 89.7 Å². The molecule has 0 saturated carbocycles. The number of allylic oxidation sites excluding steroid dienone is 6. The summed E-state index contributed by atoms with van der Waals surface area (Å²) >= 11 is 2.80. The van der Waals surface area contributed by atoms with Crippen LogP contribution in [0.5, 0.6) is 10.8 Å². The summed E-state index contributed by atoms with van der Waals surface area (Å²) < 4.78 is 33.8. The second-order valence-electron chi connectivity index (χ2n) is 6.76. The smallest absolute Gasteiger partial charge is 0.250 e. The van der Waals surface area contributed by atoms with Crippen molar-refractivity contribution in [2.45, 2.75) is 28.9 Å². The summed E-state index contributed by atoms with van der Waals surface area (Å²) in [4.78, 5) is 1.19. The minimum atomic E-state index is -3.56. The van der Waals surface area contributed by atoms with Crippen molar-refractivity contribution in [2.24, 2.45) is 0 Å². The quantitative estimate of drug-likeness (QED) is 0.261. The third-order valence-corrected chi connectivity index (χ3v) is 8.23. The zero-order chi connectivity index (χ0) is 22.1. The van der Waals surface area contributed by atoms with Crippen LogP contribution in [0.25, 0.3) is 0 Å². The molecule has 0 amide bonds. The summed E-state index contributed by atoms with van der Waals surface area (Å²) in [5.41, 5.74) is 5.37. The van der Waals surface area contributed by atoms with Crippen LogP contribution in [-0.4, -0.2) is 21.2 Å². The van der Waals surface area contributed by atoms with Gasteiger partial charge in [0.1, 0.15) is 9.96 Å². The first-order valence-corrected chi connectivity index (χ1v) is 13.4. The summed E-state index contributed by atoms with van der Waals surface area (Å²) in [7, 11) is -3.56. The topological polar surface area (TPSA) is 55.4 Å². The maximum atomic E-state index is 12.5. The number of rotatable bonds is 9. The maximum absolute atomic E-state index is 12.5. The minimum Gasteiger partial charge on any atom is -0.447 e. The third-order valence-electron chi connectivity index (χ3n) is 4.41. The predicted molar refractivity (Wildman–Crippen MR) is 131 cm³/mol. The van der Waals surface area contributed by atoms with Gasteiger partial charge in [0.25, 0.3) is 0 Å². The molecule has 2 aromatic rings. The van der Waals surface area contributed by atoms with E-state index >= 15 is 0 Å². The lowest BCUT2D eigenvalue weighted by Gasteiger charge is -2.07. The molecule has 0 saturated heterocycles. The molecule has 162 valence electrons. The Morgan fingerprint density at radius 2 is 2.16 bits per heavy atom. The lowest BCUT2D eigenvalue weighted by molar-refractivity contribution is 0.495. The minimum absolute atomic E-state index is 0.244. The van der Waals surface area contributed by atoms with E-state index in [0.29, 0.717) is 23.8 Å². The first-order chi connectivity index (χ1) is 15.0. The number of sulfonamides is 1. The third kappa shape index (κ3) is 7.13. The van der Waals surface area contributed by atoms with E-state index in [-0.39, 0.29) is 4.21 Å². The molecule has 0 fully saturated rings. The van der Waals surface area contributed by atoms with Gasteiger partial charge in [-0.3, -0.25) is 0 Å². The molecule has 0 unspecified atom stereocenters. The van der Waals surface area contributed by atoms with Gasteiger partial charge in [0.05, 0.1) is 0 Å². The Morgan fingerprint density at radius 1 is 1.29 bits per heavy atom. The van der Waals surface area contributed by atoms with Crippen LogP contribution in [0.2, 0.25) is 0 Å². The van der Waals surface area contributed by atoms with E-state index < -0.39 is 10.0 Å². The van der Waals surface area contributed by atoms with Crippen molar-refractivity contribution in [1.82, 2.24) is 4.72 Å². The predicted octanol–water partition coefficient (Wildman–Crippen LogP) is 6.39. The van der Waals surface area contributed by atoms with E-state index in [1.807, 2.05) is 73.9 Å². The summed E-state index contributed by atoms with van der Waals surface area (Å²) in [6.45, 7) is 2.36. The van der Waals surface area contributed by atoms with E-state index in [9.17, 15) is 8.42 Å². The summed E-state index contributed by atoms with van der Waals surface area (Å²) in [6, 6.07) is 9.12. The van der Waals surface area contributed by atoms with E-state index in [4.69, 9.17) is 4.74 Å². The molecule has 4 nitrogen and oxygen atoms in total. The Bertz CT molecular complexity index is 1160. The van der Waals surface area contributed by atoms with Crippen molar-refractivity contribution in [3.8, 4) is 10.8 Å². The van der Waals surface area contributed by atoms with Gasteiger partial charge in [-0.2, -0.15) is 0 Å². The van der Waals surface area contributed by atoms with Crippen molar-refractivity contribution in [1.29, 1.82) is 0 Å². The Kier molecular flexibility index (Phi) is 8.58. The van der Waals surface area contributed by atoms with Gasteiger partial charge in [-0.25, -0.2) is 13.1 Å². The summed E-state index contributed by atoms with van der Waals surface area (Å²) in [6.07, 6.45) is 17.3. The van der Waals surface area contributed by atoms with Crippen LogP contribution in [-0.2, 0) is 10.0 Å². The molecule has 1 aliphatic rings. The van der Waals surface area contributed by atoms with Crippen LogP contribution in [0.3, 0.4) is 0 Å². The lowest BCUT2D eigenvalue weighted by atomic mass is 10.1. The van der Waals surface area contributed by atoms with Crippen LogP contribution in [0.15, 0.2) is 93.3 Å². The van der Waals surface area contributed by atoms with E-state index in [1.54, 1.807) is 23.9 Å². The molecular formula is C24H25NO3S3. The summed E-state index contributed by atoms with van der Waals surface area (Å²) in [5.74, 6) is 0.697. The number of nitrogens with one attached hydrogen (secondary N) is 1. The molecule has 1 aromatic carbocycles. The van der Waals surface area contributed by atoms with Crippen LogP contribution in [0.4, 0.5) is 0 Å². The number of hydrogen-bond donors (Lipinski definition) is 1. The van der Waals surface area contributed by atoms with Gasteiger partial charge in [-0.15, -0.1) is 17.5 Å². The SMILES string of the molecule is CSc1ccc(Oc2ccc(S(=O)(=O)NCC/C=C\C=C3\C=CC=C=CC3)s2)cc1C. The maximum Gasteiger partial charge on any atom is 0.250 e. The Morgan fingerprint density at radius 3 is 2.97 bits per heavy atom. The monoisotopic (exact) mass is 471 g/mol. The van der Waals surface area contributed by atoms with Gasteiger partial charge in [0, 0.05) is 11.4 Å². The number of hydrogen-bond acceptors (Lipinski definition) is 5. The van der Waals surface area contributed by atoms with Gasteiger partial charge in [0.2, 0.25) is 10.0 Å². The second-order valence-corrected chi connectivity index (χ2v) is 10.7. The fourth-order valence-electron chi connectivity index (χ4n) is 2.83. The normalized spacial score (nSPS) is 15.1. The molecule has 1 aromatic heterocycles. The largest absolute Gasteiger partial charge is 0.447 e. The zero-order valence-corrected chi connectivity index (χ0v) is 19.9. The number of aryl methyl sites for hydroxylation is 1. The number of thiophene rings is 1. The molecule has 0 atom stereocenters. The van der Waals surface area contributed by atoms with Gasteiger partial charge in [-0.05, 0) is 79.6 Å². The summed E-state index contributed by atoms with van der Waals surface area (Å²) in [5, 5.41) is 0.545. The number of ether oxygens (including phenoxy) is 1. The van der Waals surface area contributed by atoms with Gasteiger partial charge >= 0.3 is 0 Å². The first kappa shape index (κ1) is 23.4. The molecule has 1 aliphatic carbocycles. The molecule has 31 heavy (non-hydrogen) atoms. The lowest BCUT2D eigenvalue weighted by Crippen LogP contribution is -2.23. The second kappa shape index (κ2) is 11.4. The Hall–Kier alpha value is -2.28. The molecule has 1 heterocycles. The van der Waals surface area contributed by atoms with E-state index in [0.717, 1.165) is 23.3 Å². The molecule has 1 N–H and O–H groups in total. The molecule has 0 aliphatic heterocycles. The average Bonchev–Trinajstić information content (AvgIpc) is 3.07. The molecular weight excluding hydrogens is 446 g/mol. The van der Waals surface area contributed by atoms with Gasteiger partial charge in [0.15, 0.2) is 5.06 Å². The van der Waals surface area contributed by atoms with Crippen LogP contribution in [0.1, 0.15) is 18.4 Å². The number of thioether (sulfide) groups is 1. The molecule has 0 spiro atoms. The Labute approximate surface area is 192 Å². The Balaban J connectivity index is 1.51. The zero-order valence-electron chi connectivity index (χ0n) is 17.5. The van der Waals surface area contributed by atoms with Crippen molar-refractivity contribution in [3.63, 3.8) is 0 Å². The van der Waals surface area contributed by atoms with Crippen LogP contribution in [0, 0.1) is 6.92 Å². The first-order valence-electron chi connectivity index (χ1n) is 9.83. The van der Waals surface area contributed by atoms with E-state index in [2.05, 4.69) is 10.5 Å². The van der Waals surface area contributed by atoms with Crippen LogP contribution < -0.4 is 9.46 Å². The number of benzene rings is 1. The van der Waals surface area contributed by atoms with Crippen molar-refractivity contribution in [2.75, 3.05) is 12.8 Å². The van der Waals surface area contributed by atoms with Crippen molar-refractivity contribution < 1.29 is 13.2 Å². The van der Waals surface area contributed by atoms with Crippen molar-refractivity contribution >= 4 is 33.1 Å².